The van der Waals surface area contributed by atoms with Crippen molar-refractivity contribution in [3.05, 3.63) is 53.0 Å². The molecule has 0 aromatic heterocycles. The minimum Gasteiger partial charge on any atom is -0.324 e. The molecule has 0 spiro atoms. The van der Waals surface area contributed by atoms with Crippen molar-refractivity contribution < 1.29 is 22.8 Å². The molecule has 1 aliphatic heterocycles. The Kier molecular flexibility index (Phi) is 5.81. The van der Waals surface area contributed by atoms with Gasteiger partial charge in [0.25, 0.3) is 0 Å². The zero-order chi connectivity index (χ0) is 19.6. The van der Waals surface area contributed by atoms with E-state index in [1.165, 1.54) is 18.2 Å². The molecule has 142 valence electrons. The molecular formula is C18H14BrF3N2O2S. The quantitative estimate of drug-likeness (QED) is 0.668. The van der Waals surface area contributed by atoms with Crippen LogP contribution in [0.15, 0.2) is 57.9 Å². The number of thioether (sulfide) groups is 1. The van der Waals surface area contributed by atoms with Crippen LogP contribution in [0.25, 0.3) is 0 Å². The molecule has 2 aromatic rings. The fourth-order valence-electron chi connectivity index (χ4n) is 2.77. The molecule has 0 radical (unpaired) electrons. The van der Waals surface area contributed by atoms with Crippen molar-refractivity contribution in [2.75, 3.05) is 16.0 Å². The standard InChI is InChI=1S/C18H14BrF3N2O2S/c19-11-5-1-4-8-14(11)27-10-17(26)24-13-7-3-2-6-12(13)23-16(25)9-15(24)18(20,21)22/h1-8,15H,9-10H2,(H,23,25). The minimum atomic E-state index is -4.73. The zero-order valence-electron chi connectivity index (χ0n) is 13.8. The van der Waals surface area contributed by atoms with E-state index < -0.39 is 30.5 Å². The van der Waals surface area contributed by atoms with E-state index in [9.17, 15) is 22.8 Å². The first kappa shape index (κ1) is 19.8. The molecule has 1 atom stereocenters. The summed E-state index contributed by atoms with van der Waals surface area (Å²) in [6, 6.07) is 10.9. The van der Waals surface area contributed by atoms with Crippen LogP contribution in [0, 0.1) is 0 Å². The summed E-state index contributed by atoms with van der Waals surface area (Å²) in [5, 5.41) is 2.45. The second-order valence-corrected chi connectivity index (χ2v) is 7.68. The Morgan fingerprint density at radius 1 is 1.19 bits per heavy atom. The first-order valence-corrected chi connectivity index (χ1v) is 9.70. The fraction of sp³-hybridized carbons (Fsp3) is 0.222. The van der Waals surface area contributed by atoms with Crippen molar-refractivity contribution in [2.24, 2.45) is 0 Å². The number of nitrogens with one attached hydrogen (secondary N) is 1. The SMILES string of the molecule is O=C1CC(C(F)(F)F)N(C(=O)CSc2ccccc2Br)c2ccccc2N1. The van der Waals surface area contributed by atoms with Gasteiger partial charge in [-0.25, -0.2) is 0 Å². The molecule has 9 heteroatoms. The normalized spacial score (nSPS) is 17.1. The number of alkyl halides is 3. The number of anilines is 2. The van der Waals surface area contributed by atoms with Gasteiger partial charge in [-0.3, -0.25) is 14.5 Å². The third kappa shape index (κ3) is 4.47. The molecule has 3 rings (SSSR count). The number of hydrogen-bond acceptors (Lipinski definition) is 3. The van der Waals surface area contributed by atoms with Crippen LogP contribution in [-0.2, 0) is 9.59 Å². The molecule has 0 saturated heterocycles. The maximum absolute atomic E-state index is 13.6. The van der Waals surface area contributed by atoms with Gasteiger partial charge in [0.1, 0.15) is 6.04 Å². The van der Waals surface area contributed by atoms with E-state index in [-0.39, 0.29) is 17.1 Å². The van der Waals surface area contributed by atoms with Gasteiger partial charge in [-0.15, -0.1) is 11.8 Å². The van der Waals surface area contributed by atoms with Gasteiger partial charge in [0.2, 0.25) is 11.8 Å². The minimum absolute atomic E-state index is 0.0448. The number of nitrogens with zero attached hydrogens (tertiary/aromatic N) is 1. The van der Waals surface area contributed by atoms with Crippen LogP contribution in [0.1, 0.15) is 6.42 Å². The number of halogens is 4. The Bertz CT molecular complexity index is 876. The highest BCUT2D eigenvalue weighted by atomic mass is 79.9. The van der Waals surface area contributed by atoms with E-state index in [4.69, 9.17) is 0 Å². The molecule has 1 aliphatic rings. The summed E-state index contributed by atoms with van der Waals surface area (Å²) in [4.78, 5) is 26.2. The predicted octanol–water partition coefficient (Wildman–Crippen LogP) is 4.85. The molecule has 1 heterocycles. The molecule has 1 unspecified atom stereocenters. The summed E-state index contributed by atoms with van der Waals surface area (Å²) >= 11 is 4.48. The number of amides is 2. The van der Waals surface area contributed by atoms with E-state index in [0.717, 1.165) is 21.1 Å². The largest absolute Gasteiger partial charge is 0.409 e. The van der Waals surface area contributed by atoms with E-state index in [2.05, 4.69) is 21.2 Å². The second-order valence-electron chi connectivity index (χ2n) is 5.81. The summed E-state index contributed by atoms with van der Waals surface area (Å²) in [6.45, 7) is 0. The lowest BCUT2D eigenvalue weighted by molar-refractivity contribution is -0.157. The average molecular weight is 459 g/mol. The molecule has 0 bridgehead atoms. The van der Waals surface area contributed by atoms with Gasteiger partial charge in [-0.1, -0.05) is 24.3 Å². The molecule has 2 amide bonds. The number of para-hydroxylation sites is 2. The monoisotopic (exact) mass is 458 g/mol. The Hall–Kier alpha value is -2.00. The van der Waals surface area contributed by atoms with Gasteiger partial charge >= 0.3 is 6.18 Å². The van der Waals surface area contributed by atoms with Crippen molar-refractivity contribution in [1.29, 1.82) is 0 Å². The van der Waals surface area contributed by atoms with Gasteiger partial charge in [0.15, 0.2) is 0 Å². The third-order valence-electron chi connectivity index (χ3n) is 3.96. The van der Waals surface area contributed by atoms with E-state index in [0.29, 0.717) is 4.90 Å². The summed E-state index contributed by atoms with van der Waals surface area (Å²) < 4.78 is 41.7. The molecule has 0 fully saturated rings. The Balaban J connectivity index is 1.94. The topological polar surface area (TPSA) is 49.4 Å². The van der Waals surface area contributed by atoms with Crippen molar-refractivity contribution in [3.8, 4) is 0 Å². The Morgan fingerprint density at radius 3 is 2.56 bits per heavy atom. The molecular weight excluding hydrogens is 445 g/mol. The number of benzene rings is 2. The van der Waals surface area contributed by atoms with Crippen LogP contribution in [-0.4, -0.2) is 29.8 Å². The van der Waals surface area contributed by atoms with Crippen molar-refractivity contribution in [2.45, 2.75) is 23.5 Å². The Morgan fingerprint density at radius 2 is 1.85 bits per heavy atom. The van der Waals surface area contributed by atoms with Crippen LogP contribution in [0.4, 0.5) is 24.5 Å². The second kappa shape index (κ2) is 7.93. The molecule has 2 aromatic carbocycles. The van der Waals surface area contributed by atoms with Crippen LogP contribution < -0.4 is 10.2 Å². The van der Waals surface area contributed by atoms with E-state index in [1.54, 1.807) is 30.3 Å². The van der Waals surface area contributed by atoms with Crippen LogP contribution in [0.2, 0.25) is 0 Å². The van der Waals surface area contributed by atoms with Crippen LogP contribution in [0.3, 0.4) is 0 Å². The maximum Gasteiger partial charge on any atom is 0.409 e. The van der Waals surface area contributed by atoms with Gasteiger partial charge in [0, 0.05) is 9.37 Å². The van der Waals surface area contributed by atoms with E-state index >= 15 is 0 Å². The third-order valence-corrected chi connectivity index (χ3v) is 5.97. The Labute approximate surface area is 166 Å². The van der Waals surface area contributed by atoms with Crippen molar-refractivity contribution in [3.63, 3.8) is 0 Å². The number of carbonyl (C=O) groups is 2. The summed E-state index contributed by atoms with van der Waals surface area (Å²) in [5.41, 5.74) is 0.233. The maximum atomic E-state index is 13.6. The number of carbonyl (C=O) groups excluding carboxylic acids is 2. The van der Waals surface area contributed by atoms with Crippen molar-refractivity contribution >= 4 is 50.9 Å². The van der Waals surface area contributed by atoms with E-state index in [1.807, 2.05) is 0 Å². The highest BCUT2D eigenvalue weighted by Gasteiger charge is 2.48. The van der Waals surface area contributed by atoms with Gasteiger partial charge in [0.05, 0.1) is 23.5 Å². The first-order valence-electron chi connectivity index (χ1n) is 7.92. The van der Waals surface area contributed by atoms with Gasteiger partial charge in [-0.2, -0.15) is 13.2 Å². The highest BCUT2D eigenvalue weighted by molar-refractivity contribution is 9.10. The molecule has 0 saturated carbocycles. The lowest BCUT2D eigenvalue weighted by atomic mass is 10.1. The fourth-order valence-corrected chi connectivity index (χ4v) is 4.19. The molecule has 27 heavy (non-hydrogen) atoms. The predicted molar refractivity (Wildman–Crippen MR) is 102 cm³/mol. The molecule has 4 nitrogen and oxygen atoms in total. The highest BCUT2D eigenvalue weighted by Crippen LogP contribution is 2.38. The smallest absolute Gasteiger partial charge is 0.324 e. The summed E-state index contributed by atoms with van der Waals surface area (Å²) in [6.07, 6.45) is -5.58. The number of fused-ring (bicyclic) bond motifs is 1. The van der Waals surface area contributed by atoms with Gasteiger partial charge in [-0.05, 0) is 40.2 Å². The molecule has 0 aliphatic carbocycles. The zero-order valence-corrected chi connectivity index (χ0v) is 16.2. The van der Waals surface area contributed by atoms with Crippen LogP contribution >= 0.6 is 27.7 Å². The van der Waals surface area contributed by atoms with Crippen LogP contribution in [0.5, 0.6) is 0 Å². The number of hydrogen-bond donors (Lipinski definition) is 1. The first-order chi connectivity index (χ1) is 12.8. The molecule has 1 N–H and O–H groups in total. The van der Waals surface area contributed by atoms with Crippen molar-refractivity contribution in [1.82, 2.24) is 0 Å². The number of rotatable bonds is 3. The average Bonchev–Trinajstić information content (AvgIpc) is 2.76. The lowest BCUT2D eigenvalue weighted by Crippen LogP contribution is -2.50. The van der Waals surface area contributed by atoms with Gasteiger partial charge < -0.3 is 5.32 Å². The summed E-state index contributed by atoms with van der Waals surface area (Å²) in [7, 11) is 0. The summed E-state index contributed by atoms with van der Waals surface area (Å²) in [5.74, 6) is -1.70. The lowest BCUT2D eigenvalue weighted by Gasteiger charge is -2.31.